The van der Waals surface area contributed by atoms with E-state index >= 15 is 0 Å². The van der Waals surface area contributed by atoms with E-state index in [1.54, 1.807) is 24.8 Å². The highest BCUT2D eigenvalue weighted by Crippen LogP contribution is 2.17. The summed E-state index contributed by atoms with van der Waals surface area (Å²) in [4.78, 5) is 29.2. The van der Waals surface area contributed by atoms with Crippen molar-refractivity contribution in [1.82, 2.24) is 24.4 Å². The standard InChI is InChI=1S/C16H22N6O/c1-13(22-6-5-18-14(22)2)11-16(23)21-9-7-20(8-10-21)15-12-17-3-4-19-15/h3-6,12-13H,7-11H2,1-2H3/t13-/m0/s1. The third-order valence-corrected chi connectivity index (χ3v) is 4.31. The Kier molecular flexibility index (Phi) is 4.55. The van der Waals surface area contributed by atoms with Gasteiger partial charge in [-0.1, -0.05) is 0 Å². The highest BCUT2D eigenvalue weighted by atomic mass is 16.2. The van der Waals surface area contributed by atoms with Crippen molar-refractivity contribution in [2.45, 2.75) is 26.3 Å². The molecular weight excluding hydrogens is 292 g/mol. The Labute approximate surface area is 136 Å². The first kappa shape index (κ1) is 15.5. The lowest BCUT2D eigenvalue weighted by atomic mass is 10.2. The Bertz CT molecular complexity index is 648. The molecule has 2 aromatic heterocycles. The molecule has 0 bridgehead atoms. The van der Waals surface area contributed by atoms with Gasteiger partial charge < -0.3 is 14.4 Å². The lowest BCUT2D eigenvalue weighted by molar-refractivity contribution is -0.132. The maximum Gasteiger partial charge on any atom is 0.224 e. The van der Waals surface area contributed by atoms with Crippen LogP contribution in [0.25, 0.3) is 0 Å². The lowest BCUT2D eigenvalue weighted by Crippen LogP contribution is -2.49. The number of piperazine rings is 1. The molecule has 2 aromatic rings. The topological polar surface area (TPSA) is 67.2 Å². The summed E-state index contributed by atoms with van der Waals surface area (Å²) in [6.45, 7) is 7.06. The molecule has 1 fully saturated rings. The zero-order valence-corrected chi connectivity index (χ0v) is 13.6. The summed E-state index contributed by atoms with van der Waals surface area (Å²) in [5.74, 6) is 2.02. The molecule has 0 aromatic carbocycles. The second-order valence-corrected chi connectivity index (χ2v) is 5.87. The molecule has 0 saturated carbocycles. The molecule has 1 atom stereocenters. The molecule has 3 heterocycles. The molecule has 0 unspecified atom stereocenters. The quantitative estimate of drug-likeness (QED) is 0.850. The highest BCUT2D eigenvalue weighted by molar-refractivity contribution is 5.77. The number of nitrogens with zero attached hydrogens (tertiary/aromatic N) is 6. The molecule has 1 amide bonds. The van der Waals surface area contributed by atoms with E-state index in [4.69, 9.17) is 0 Å². The molecule has 122 valence electrons. The van der Waals surface area contributed by atoms with Gasteiger partial charge in [-0.25, -0.2) is 9.97 Å². The van der Waals surface area contributed by atoms with E-state index in [0.717, 1.165) is 37.8 Å². The van der Waals surface area contributed by atoms with E-state index in [2.05, 4.69) is 26.8 Å². The van der Waals surface area contributed by atoms with Crippen LogP contribution >= 0.6 is 0 Å². The van der Waals surface area contributed by atoms with Gasteiger partial charge in [-0.05, 0) is 13.8 Å². The van der Waals surface area contributed by atoms with Gasteiger partial charge in [0, 0.05) is 63.4 Å². The Morgan fingerprint density at radius 1 is 1.17 bits per heavy atom. The summed E-state index contributed by atoms with van der Waals surface area (Å²) in [5.41, 5.74) is 0. The van der Waals surface area contributed by atoms with E-state index in [1.807, 2.05) is 22.6 Å². The van der Waals surface area contributed by atoms with Gasteiger partial charge >= 0.3 is 0 Å². The Morgan fingerprint density at radius 2 is 1.96 bits per heavy atom. The summed E-state index contributed by atoms with van der Waals surface area (Å²) >= 11 is 0. The maximum absolute atomic E-state index is 12.5. The van der Waals surface area contributed by atoms with Crippen LogP contribution in [0.15, 0.2) is 31.0 Å². The monoisotopic (exact) mass is 314 g/mol. The van der Waals surface area contributed by atoms with Crippen LogP contribution in [0, 0.1) is 6.92 Å². The molecule has 0 N–H and O–H groups in total. The van der Waals surface area contributed by atoms with Gasteiger partial charge in [0.05, 0.1) is 6.20 Å². The van der Waals surface area contributed by atoms with Crippen molar-refractivity contribution in [3.05, 3.63) is 36.8 Å². The molecule has 1 aliphatic heterocycles. The van der Waals surface area contributed by atoms with Crippen molar-refractivity contribution >= 4 is 11.7 Å². The smallest absolute Gasteiger partial charge is 0.224 e. The Hall–Kier alpha value is -2.44. The van der Waals surface area contributed by atoms with Gasteiger partial charge in [0.2, 0.25) is 5.91 Å². The first-order chi connectivity index (χ1) is 11.1. The fraction of sp³-hybridized carbons (Fsp3) is 0.500. The van der Waals surface area contributed by atoms with Crippen molar-refractivity contribution in [3.63, 3.8) is 0 Å². The van der Waals surface area contributed by atoms with Crippen molar-refractivity contribution in [2.24, 2.45) is 0 Å². The molecule has 0 spiro atoms. The number of hydrogen-bond acceptors (Lipinski definition) is 5. The predicted molar refractivity (Wildman–Crippen MR) is 87.1 cm³/mol. The number of imidazole rings is 1. The number of anilines is 1. The van der Waals surface area contributed by atoms with Gasteiger partial charge in [0.1, 0.15) is 11.6 Å². The summed E-state index contributed by atoms with van der Waals surface area (Å²) in [6.07, 6.45) is 9.34. The predicted octanol–water partition coefficient (Wildman–Crippen LogP) is 1.28. The minimum absolute atomic E-state index is 0.128. The van der Waals surface area contributed by atoms with Gasteiger partial charge in [-0.2, -0.15) is 0 Å². The van der Waals surface area contributed by atoms with Crippen LogP contribution in [0.3, 0.4) is 0 Å². The molecule has 7 nitrogen and oxygen atoms in total. The summed E-state index contributed by atoms with van der Waals surface area (Å²) in [7, 11) is 0. The van der Waals surface area contributed by atoms with Crippen LogP contribution in [0.1, 0.15) is 25.2 Å². The van der Waals surface area contributed by atoms with Gasteiger partial charge in [-0.3, -0.25) is 9.78 Å². The molecule has 0 radical (unpaired) electrons. The van der Waals surface area contributed by atoms with Crippen LogP contribution in [0.2, 0.25) is 0 Å². The van der Waals surface area contributed by atoms with E-state index in [-0.39, 0.29) is 11.9 Å². The van der Waals surface area contributed by atoms with Gasteiger partial charge in [0.15, 0.2) is 0 Å². The zero-order valence-electron chi connectivity index (χ0n) is 13.6. The molecule has 7 heteroatoms. The molecule has 23 heavy (non-hydrogen) atoms. The molecule has 3 rings (SSSR count). The van der Waals surface area contributed by atoms with E-state index in [9.17, 15) is 4.79 Å². The minimum Gasteiger partial charge on any atom is -0.352 e. The van der Waals surface area contributed by atoms with Crippen LogP contribution in [-0.2, 0) is 4.79 Å². The van der Waals surface area contributed by atoms with Crippen molar-refractivity contribution in [2.75, 3.05) is 31.1 Å². The SMILES string of the molecule is Cc1nccn1[C@@H](C)CC(=O)N1CCN(c2cnccn2)CC1. The average Bonchev–Trinajstić information content (AvgIpc) is 3.02. The van der Waals surface area contributed by atoms with Crippen LogP contribution in [0.5, 0.6) is 0 Å². The second-order valence-electron chi connectivity index (χ2n) is 5.87. The zero-order chi connectivity index (χ0) is 16.2. The third-order valence-electron chi connectivity index (χ3n) is 4.31. The number of carbonyl (C=O) groups excluding carboxylic acids is 1. The maximum atomic E-state index is 12.5. The summed E-state index contributed by atoms with van der Waals surface area (Å²) in [6, 6.07) is 0.128. The number of hydrogen-bond donors (Lipinski definition) is 0. The molecule has 0 aliphatic carbocycles. The highest BCUT2D eigenvalue weighted by Gasteiger charge is 2.23. The molecule has 1 saturated heterocycles. The fourth-order valence-corrected chi connectivity index (χ4v) is 2.97. The number of aryl methyl sites for hydroxylation is 1. The third kappa shape index (κ3) is 3.49. The van der Waals surface area contributed by atoms with E-state index < -0.39 is 0 Å². The van der Waals surface area contributed by atoms with Gasteiger partial charge in [0.25, 0.3) is 0 Å². The lowest BCUT2D eigenvalue weighted by Gasteiger charge is -2.35. The largest absolute Gasteiger partial charge is 0.352 e. The van der Waals surface area contributed by atoms with Crippen LogP contribution in [0.4, 0.5) is 5.82 Å². The first-order valence-corrected chi connectivity index (χ1v) is 7.93. The number of aromatic nitrogens is 4. The average molecular weight is 314 g/mol. The summed E-state index contributed by atoms with van der Waals surface area (Å²) in [5, 5.41) is 0. The van der Waals surface area contributed by atoms with Crippen molar-refractivity contribution in [3.8, 4) is 0 Å². The van der Waals surface area contributed by atoms with Crippen molar-refractivity contribution < 1.29 is 4.79 Å². The van der Waals surface area contributed by atoms with E-state index in [1.165, 1.54) is 0 Å². The minimum atomic E-state index is 0.128. The Balaban J connectivity index is 1.53. The van der Waals surface area contributed by atoms with Crippen molar-refractivity contribution in [1.29, 1.82) is 0 Å². The van der Waals surface area contributed by atoms with Crippen LogP contribution in [-0.4, -0.2) is 56.5 Å². The molecular formula is C16H22N6O. The number of carbonyl (C=O) groups is 1. The van der Waals surface area contributed by atoms with Crippen LogP contribution < -0.4 is 4.90 Å². The Morgan fingerprint density at radius 3 is 2.57 bits per heavy atom. The normalized spacial score (nSPS) is 16.4. The number of rotatable bonds is 4. The molecule has 1 aliphatic rings. The first-order valence-electron chi connectivity index (χ1n) is 7.93. The fourth-order valence-electron chi connectivity index (χ4n) is 2.97. The van der Waals surface area contributed by atoms with Gasteiger partial charge in [-0.15, -0.1) is 0 Å². The second kappa shape index (κ2) is 6.76. The number of amides is 1. The van der Waals surface area contributed by atoms with E-state index in [0.29, 0.717) is 6.42 Å². The summed E-state index contributed by atoms with van der Waals surface area (Å²) < 4.78 is 2.05.